The van der Waals surface area contributed by atoms with E-state index in [1.54, 1.807) is 11.3 Å². The molecule has 0 bridgehead atoms. The number of hydrogen-bond acceptors (Lipinski definition) is 2. The lowest BCUT2D eigenvalue weighted by atomic mass is 10.0. The van der Waals surface area contributed by atoms with Gasteiger partial charge in [-0.1, -0.05) is 18.5 Å². The van der Waals surface area contributed by atoms with E-state index in [1.807, 2.05) is 18.4 Å². The summed E-state index contributed by atoms with van der Waals surface area (Å²) in [5, 5.41) is 4.95. The molecule has 0 amide bonds. The molecular weight excluding hydrogens is 368 g/mol. The molecule has 6 heteroatoms. The highest BCUT2D eigenvalue weighted by Gasteiger charge is 2.19. The fraction of sp³-hybridized carbons (Fsp3) is 0.286. The second-order valence-corrected chi connectivity index (χ2v) is 6.56. The smallest absolute Gasteiger partial charge is 0.142 e. The van der Waals surface area contributed by atoms with Gasteiger partial charge in [0.25, 0.3) is 0 Å². The molecule has 1 N–H and O–H groups in total. The van der Waals surface area contributed by atoms with E-state index in [0.29, 0.717) is 18.5 Å². The first-order valence-corrected chi connectivity index (χ1v) is 8.17. The van der Waals surface area contributed by atoms with Gasteiger partial charge < -0.3 is 5.32 Å². The molecule has 0 fully saturated rings. The zero-order valence-corrected chi connectivity index (χ0v) is 13.9. The van der Waals surface area contributed by atoms with Crippen molar-refractivity contribution < 1.29 is 8.78 Å². The highest BCUT2D eigenvalue weighted by molar-refractivity contribution is 9.10. The monoisotopic (exact) mass is 379 g/mol. The minimum Gasteiger partial charge on any atom is -0.310 e. The molecule has 20 heavy (non-hydrogen) atoms. The number of thiophene rings is 1. The first-order chi connectivity index (χ1) is 9.52. The van der Waals surface area contributed by atoms with E-state index in [1.165, 1.54) is 6.07 Å². The van der Waals surface area contributed by atoms with E-state index in [2.05, 4.69) is 21.2 Å². The van der Waals surface area contributed by atoms with Gasteiger partial charge in [0.2, 0.25) is 0 Å². The lowest BCUT2D eigenvalue weighted by Crippen LogP contribution is -2.24. The largest absolute Gasteiger partial charge is 0.310 e. The van der Waals surface area contributed by atoms with Crippen LogP contribution in [0.4, 0.5) is 8.78 Å². The maximum absolute atomic E-state index is 14.0. The predicted octanol–water partition coefficient (Wildman–Crippen LogP) is 5.34. The van der Waals surface area contributed by atoms with Crippen molar-refractivity contribution in [2.75, 3.05) is 6.54 Å². The van der Waals surface area contributed by atoms with Crippen molar-refractivity contribution in [1.82, 2.24) is 5.32 Å². The number of hydrogen-bond donors (Lipinski definition) is 1. The van der Waals surface area contributed by atoms with E-state index >= 15 is 0 Å². The molecule has 1 aromatic heterocycles. The molecule has 0 aliphatic heterocycles. The van der Waals surface area contributed by atoms with Gasteiger partial charge in [-0.3, -0.25) is 0 Å². The SMILES string of the molecule is CCNC(Cc1sccc1Br)c1cc(F)c(Cl)cc1F. The average Bonchev–Trinajstić information content (AvgIpc) is 2.79. The first-order valence-electron chi connectivity index (χ1n) is 6.12. The minimum absolute atomic E-state index is 0.196. The van der Waals surface area contributed by atoms with Crippen molar-refractivity contribution in [3.8, 4) is 0 Å². The number of benzene rings is 1. The Kier molecular flexibility index (Phi) is 5.55. The molecule has 1 atom stereocenters. The highest BCUT2D eigenvalue weighted by atomic mass is 79.9. The standard InChI is InChI=1S/C14H13BrClF2NS/c1-2-19-13(7-14-9(15)3-4-20-14)8-5-12(18)10(16)6-11(8)17/h3-6,13,19H,2,7H2,1H3. The lowest BCUT2D eigenvalue weighted by Gasteiger charge is -2.19. The molecule has 1 heterocycles. The van der Waals surface area contributed by atoms with Gasteiger partial charge in [0.1, 0.15) is 11.6 Å². The molecule has 0 saturated heterocycles. The normalized spacial score (nSPS) is 12.7. The first kappa shape index (κ1) is 15.9. The Hall–Kier alpha value is -0.490. The zero-order valence-electron chi connectivity index (χ0n) is 10.7. The number of rotatable bonds is 5. The fourth-order valence-corrected chi connectivity index (χ4v) is 3.71. The summed E-state index contributed by atoms with van der Waals surface area (Å²) in [6, 6.07) is 3.86. The Morgan fingerprint density at radius 2 is 2.10 bits per heavy atom. The summed E-state index contributed by atoms with van der Waals surface area (Å²) in [6.07, 6.45) is 0.587. The average molecular weight is 381 g/mol. The highest BCUT2D eigenvalue weighted by Crippen LogP contribution is 2.31. The molecule has 0 radical (unpaired) electrons. The molecular formula is C14H13BrClF2NS. The summed E-state index contributed by atoms with van der Waals surface area (Å²) >= 11 is 10.6. The van der Waals surface area contributed by atoms with E-state index in [-0.39, 0.29) is 11.1 Å². The third-order valence-electron chi connectivity index (χ3n) is 2.95. The molecule has 0 saturated carbocycles. The van der Waals surface area contributed by atoms with Crippen LogP contribution >= 0.6 is 38.9 Å². The number of nitrogens with one attached hydrogen (secondary N) is 1. The van der Waals surface area contributed by atoms with Crippen molar-refractivity contribution in [2.24, 2.45) is 0 Å². The molecule has 108 valence electrons. The van der Waals surface area contributed by atoms with Crippen molar-refractivity contribution in [1.29, 1.82) is 0 Å². The van der Waals surface area contributed by atoms with Gasteiger partial charge in [-0.05, 0) is 46.1 Å². The predicted molar refractivity (Wildman–Crippen MR) is 83.5 cm³/mol. The van der Waals surface area contributed by atoms with Crippen LogP contribution < -0.4 is 5.32 Å². The fourth-order valence-electron chi connectivity index (χ4n) is 2.00. The second-order valence-electron chi connectivity index (χ2n) is 4.29. The van der Waals surface area contributed by atoms with Crippen LogP contribution in [0.1, 0.15) is 23.4 Å². The van der Waals surface area contributed by atoms with Gasteiger partial charge in [-0.2, -0.15) is 0 Å². The molecule has 0 aliphatic carbocycles. The van der Waals surface area contributed by atoms with Crippen molar-refractivity contribution in [2.45, 2.75) is 19.4 Å². The lowest BCUT2D eigenvalue weighted by molar-refractivity contribution is 0.504. The van der Waals surface area contributed by atoms with E-state index in [9.17, 15) is 8.78 Å². The molecule has 0 spiro atoms. The maximum Gasteiger partial charge on any atom is 0.142 e. The molecule has 2 rings (SSSR count). The van der Waals surface area contributed by atoms with Crippen molar-refractivity contribution in [3.05, 3.63) is 55.1 Å². The summed E-state index contributed by atoms with van der Waals surface area (Å²) in [7, 11) is 0. The third-order valence-corrected chi connectivity index (χ3v) is 5.18. The van der Waals surface area contributed by atoms with Gasteiger partial charge in [0.15, 0.2) is 0 Å². The van der Waals surface area contributed by atoms with Gasteiger partial charge in [-0.25, -0.2) is 8.78 Å². The molecule has 2 aromatic rings. The maximum atomic E-state index is 14.0. The van der Waals surface area contributed by atoms with Gasteiger partial charge >= 0.3 is 0 Å². The quantitative estimate of drug-likeness (QED) is 0.691. The van der Waals surface area contributed by atoms with E-state index in [4.69, 9.17) is 11.6 Å². The van der Waals surface area contributed by atoms with E-state index in [0.717, 1.165) is 15.4 Å². The number of halogens is 4. The van der Waals surface area contributed by atoms with Crippen LogP contribution in [0, 0.1) is 11.6 Å². The molecule has 1 nitrogen and oxygen atoms in total. The van der Waals surface area contributed by atoms with Gasteiger partial charge in [-0.15, -0.1) is 11.3 Å². The Morgan fingerprint density at radius 1 is 1.35 bits per heavy atom. The van der Waals surface area contributed by atoms with E-state index < -0.39 is 11.6 Å². The summed E-state index contributed by atoms with van der Waals surface area (Å²) in [5.74, 6) is -1.09. The Bertz CT molecular complexity index is 603. The Labute approximate surface area is 134 Å². The minimum atomic E-state index is -0.601. The van der Waals surface area contributed by atoms with Crippen LogP contribution in [-0.2, 0) is 6.42 Å². The number of likely N-dealkylation sites (N-methyl/N-ethyl adjacent to an activating group) is 1. The zero-order chi connectivity index (χ0) is 14.7. The summed E-state index contributed by atoms with van der Waals surface area (Å²) in [6.45, 7) is 2.60. The summed E-state index contributed by atoms with van der Waals surface area (Å²) in [5.41, 5.74) is 0.300. The molecule has 1 unspecified atom stereocenters. The molecule has 0 aliphatic rings. The van der Waals surface area contributed by atoms with Crippen LogP contribution in [0.2, 0.25) is 5.02 Å². The van der Waals surface area contributed by atoms with Crippen molar-refractivity contribution in [3.63, 3.8) is 0 Å². The topological polar surface area (TPSA) is 12.0 Å². The Morgan fingerprint density at radius 3 is 2.70 bits per heavy atom. The van der Waals surface area contributed by atoms with Crippen LogP contribution in [0.3, 0.4) is 0 Å². The summed E-state index contributed by atoms with van der Waals surface area (Å²) < 4.78 is 28.6. The van der Waals surface area contributed by atoms with Gasteiger partial charge in [0, 0.05) is 27.4 Å². The third kappa shape index (κ3) is 3.58. The van der Waals surface area contributed by atoms with Crippen molar-refractivity contribution >= 4 is 38.9 Å². The van der Waals surface area contributed by atoms with Crippen LogP contribution in [-0.4, -0.2) is 6.54 Å². The summed E-state index contributed by atoms with van der Waals surface area (Å²) in [4.78, 5) is 1.09. The second kappa shape index (κ2) is 6.98. The van der Waals surface area contributed by atoms with Crippen LogP contribution in [0.5, 0.6) is 0 Å². The molecule has 1 aromatic carbocycles. The van der Waals surface area contributed by atoms with Gasteiger partial charge in [0.05, 0.1) is 5.02 Å². The van der Waals surface area contributed by atoms with Crippen LogP contribution in [0.25, 0.3) is 0 Å². The Balaban J connectivity index is 2.33. The van der Waals surface area contributed by atoms with Crippen LogP contribution in [0.15, 0.2) is 28.1 Å².